The van der Waals surface area contributed by atoms with Gasteiger partial charge in [-0.1, -0.05) is 200 Å². The van der Waals surface area contributed by atoms with Crippen LogP contribution >= 0.6 is 0 Å². The maximum Gasteiger partial charge on any atom is 0.338 e. The molecular formula is C74H86O16Si. The summed E-state index contributed by atoms with van der Waals surface area (Å²) in [5.41, 5.74) is 6.20. The quantitative estimate of drug-likeness (QED) is 0.0230. The van der Waals surface area contributed by atoms with Gasteiger partial charge in [-0.15, -0.1) is 6.58 Å². The highest BCUT2D eigenvalue weighted by Crippen LogP contribution is 2.40. The predicted octanol–water partition coefficient (Wildman–Crippen LogP) is 12.7. The minimum absolute atomic E-state index is 0.0476. The second-order valence-corrected chi connectivity index (χ2v) is 28.3. The van der Waals surface area contributed by atoms with Crippen molar-refractivity contribution in [3.8, 4) is 5.75 Å². The molecule has 0 aliphatic carbocycles. The van der Waals surface area contributed by atoms with Gasteiger partial charge in [0.25, 0.3) is 0 Å². The summed E-state index contributed by atoms with van der Waals surface area (Å²) < 4.78 is 104. The molecule has 482 valence electrons. The van der Waals surface area contributed by atoms with E-state index < -0.39 is 106 Å². The summed E-state index contributed by atoms with van der Waals surface area (Å²) >= 11 is 0. The summed E-state index contributed by atoms with van der Waals surface area (Å²) in [7, 11) is -0.922. The van der Waals surface area contributed by atoms with Gasteiger partial charge in [-0.25, -0.2) is 4.79 Å². The molecular weight excluding hydrogens is 1170 g/mol. The number of carbonyl (C=O) groups is 1. The first kappa shape index (κ1) is 67.1. The molecule has 91 heavy (non-hydrogen) atoms. The molecule has 3 saturated heterocycles. The average Bonchev–Trinajstić information content (AvgIpc) is 0.995. The summed E-state index contributed by atoms with van der Waals surface area (Å²) in [6.45, 7) is 15.1. The summed E-state index contributed by atoms with van der Waals surface area (Å²) in [6, 6.07) is 66.4. The first-order chi connectivity index (χ1) is 44.4. The standard InChI is InChI=1S/C74H86O16Si/c1-8-43-77-72-68(83-48-57-35-23-13-24-36-57)65(82-47-56-33-21-12-22-34-56)66(67(88-72)71(75)84-50-58-37-25-14-26-38-58)87-73-69(63(80-46-55-31-19-11-20-32-55)61(51(2)85-73)78-44-53-27-15-9-16-28-53)89-74-70(90-91(5,6)7)64(81-49-59-39-41-60(76-4)42-40-59)62(52(3)86-74)79-45-54-29-17-10-18-30-54/h8-42,51-52,61-70,72-74H,1,43-50H2,2-7H3/t51-,52-,61-,62-,63+,64+,65-,66+,67-,68+,69+,70+,72+,73-,74-/m0/s1. The summed E-state index contributed by atoms with van der Waals surface area (Å²) in [5.74, 6) is -0.0262. The number of hydrogen-bond acceptors (Lipinski definition) is 16. The Hall–Kier alpha value is -6.75. The van der Waals surface area contributed by atoms with Crippen molar-refractivity contribution in [3.05, 3.63) is 258 Å². The number of hydrogen-bond donors (Lipinski definition) is 0. The van der Waals surface area contributed by atoms with Crippen molar-refractivity contribution < 1.29 is 75.5 Å². The molecule has 0 N–H and O–H groups in total. The molecule has 0 spiro atoms. The lowest BCUT2D eigenvalue weighted by Gasteiger charge is -2.52. The Morgan fingerprint density at radius 1 is 0.396 bits per heavy atom. The summed E-state index contributed by atoms with van der Waals surface area (Å²) in [5, 5.41) is 0. The van der Waals surface area contributed by atoms with Gasteiger partial charge in [-0.3, -0.25) is 0 Å². The molecule has 7 aromatic carbocycles. The van der Waals surface area contributed by atoms with Gasteiger partial charge in [0.2, 0.25) is 0 Å². The Morgan fingerprint density at radius 2 is 0.736 bits per heavy atom. The molecule has 15 atom stereocenters. The minimum Gasteiger partial charge on any atom is -0.497 e. The maximum atomic E-state index is 15.2. The van der Waals surface area contributed by atoms with Crippen LogP contribution in [0.2, 0.25) is 19.6 Å². The van der Waals surface area contributed by atoms with Gasteiger partial charge >= 0.3 is 5.97 Å². The van der Waals surface area contributed by atoms with E-state index >= 15 is 4.79 Å². The fourth-order valence-corrected chi connectivity index (χ4v) is 12.4. The predicted molar refractivity (Wildman–Crippen MR) is 344 cm³/mol. The molecule has 0 radical (unpaired) electrons. The average molecular weight is 1260 g/mol. The third kappa shape index (κ3) is 19.2. The zero-order chi connectivity index (χ0) is 63.4. The molecule has 3 fully saturated rings. The summed E-state index contributed by atoms with van der Waals surface area (Å²) in [4.78, 5) is 15.2. The summed E-state index contributed by atoms with van der Waals surface area (Å²) in [6.07, 6.45) is -13.9. The van der Waals surface area contributed by atoms with Crippen molar-refractivity contribution in [1.29, 1.82) is 0 Å². The van der Waals surface area contributed by atoms with E-state index in [4.69, 9.17) is 70.7 Å². The van der Waals surface area contributed by atoms with E-state index in [0.29, 0.717) is 0 Å². The van der Waals surface area contributed by atoms with E-state index in [9.17, 15) is 0 Å². The second-order valence-electron chi connectivity index (χ2n) is 23.9. The van der Waals surface area contributed by atoms with Crippen LogP contribution in [0.15, 0.2) is 219 Å². The maximum absolute atomic E-state index is 15.2. The van der Waals surface area contributed by atoms with Gasteiger partial charge in [-0.05, 0) is 84.6 Å². The van der Waals surface area contributed by atoms with Crippen molar-refractivity contribution in [2.45, 2.75) is 172 Å². The Morgan fingerprint density at radius 3 is 1.13 bits per heavy atom. The molecule has 0 unspecified atom stereocenters. The Labute approximate surface area is 536 Å². The molecule has 17 heteroatoms. The van der Waals surface area contributed by atoms with Gasteiger partial charge in [0.1, 0.15) is 67.3 Å². The topological polar surface area (TPSA) is 156 Å². The molecule has 0 bridgehead atoms. The molecule has 10 rings (SSSR count). The van der Waals surface area contributed by atoms with Crippen molar-refractivity contribution in [1.82, 2.24) is 0 Å². The van der Waals surface area contributed by atoms with E-state index in [1.54, 1.807) is 13.2 Å². The molecule has 0 amide bonds. The number of benzene rings is 7. The van der Waals surface area contributed by atoms with Gasteiger partial charge in [0.15, 0.2) is 33.3 Å². The van der Waals surface area contributed by atoms with Crippen molar-refractivity contribution in [2.75, 3.05) is 13.7 Å². The van der Waals surface area contributed by atoms with Crippen molar-refractivity contribution in [2.24, 2.45) is 0 Å². The van der Waals surface area contributed by atoms with Gasteiger partial charge in [-0.2, -0.15) is 0 Å². The van der Waals surface area contributed by atoms with Crippen LogP contribution in [0.4, 0.5) is 0 Å². The largest absolute Gasteiger partial charge is 0.497 e. The molecule has 3 heterocycles. The number of carbonyl (C=O) groups excluding carboxylic acids is 1. The van der Waals surface area contributed by atoms with Crippen LogP contribution in [0.5, 0.6) is 5.75 Å². The molecule has 3 aliphatic rings. The molecule has 3 aliphatic heterocycles. The minimum atomic E-state index is -2.56. The van der Waals surface area contributed by atoms with E-state index in [-0.39, 0.29) is 52.9 Å². The van der Waals surface area contributed by atoms with Crippen LogP contribution < -0.4 is 4.74 Å². The fourth-order valence-electron chi connectivity index (χ4n) is 11.4. The highest BCUT2D eigenvalue weighted by atomic mass is 28.4. The Balaban J connectivity index is 1.09. The number of esters is 1. The van der Waals surface area contributed by atoms with Gasteiger partial charge in [0.05, 0.1) is 65.6 Å². The molecule has 0 saturated carbocycles. The highest BCUT2D eigenvalue weighted by Gasteiger charge is 2.58. The monoisotopic (exact) mass is 1260 g/mol. The zero-order valence-electron chi connectivity index (χ0n) is 52.8. The van der Waals surface area contributed by atoms with Crippen LogP contribution in [0.3, 0.4) is 0 Å². The molecule has 7 aromatic rings. The number of methoxy groups -OCH3 is 1. The van der Waals surface area contributed by atoms with Crippen LogP contribution in [0, 0.1) is 0 Å². The van der Waals surface area contributed by atoms with Gasteiger partial charge < -0.3 is 70.7 Å². The SMILES string of the molecule is C=CCO[C@@H]1O[C@H](C(=O)OCc2ccccc2)[C@H](O[C@@H]2O[C@@H](C)[C@H](OCc3ccccc3)[C@@H](OCc3ccccc3)[C@H]2O[C@@H]2O[C@@H](C)[C@H](OCc3ccccc3)[C@@H](OCc3ccc(OC)cc3)[C@H]2O[Si](C)(C)C)[C@H](OCc2ccccc2)[C@H]1OCc1ccccc1. The molecule has 0 aromatic heterocycles. The zero-order valence-corrected chi connectivity index (χ0v) is 53.8. The van der Waals surface area contributed by atoms with E-state index in [2.05, 4.69) is 26.2 Å². The normalized spacial score (nSPS) is 26.8. The van der Waals surface area contributed by atoms with Crippen LogP contribution in [0.1, 0.15) is 52.8 Å². The van der Waals surface area contributed by atoms with E-state index in [1.807, 2.05) is 220 Å². The Bertz CT molecular complexity index is 3220. The first-order valence-corrected chi connectivity index (χ1v) is 34.7. The second kappa shape index (κ2) is 33.7. The third-order valence-electron chi connectivity index (χ3n) is 15.9. The van der Waals surface area contributed by atoms with Crippen LogP contribution in [0.25, 0.3) is 0 Å². The lowest BCUT2D eigenvalue weighted by Crippen LogP contribution is -2.68. The van der Waals surface area contributed by atoms with Crippen LogP contribution in [-0.4, -0.2) is 120 Å². The van der Waals surface area contributed by atoms with E-state index in [1.165, 1.54) is 0 Å². The number of ether oxygens (including phenoxy) is 14. The first-order valence-electron chi connectivity index (χ1n) is 31.3. The van der Waals surface area contributed by atoms with Crippen molar-refractivity contribution >= 4 is 14.3 Å². The smallest absolute Gasteiger partial charge is 0.338 e. The van der Waals surface area contributed by atoms with Crippen LogP contribution in [-0.2, 0) is 117 Å². The lowest BCUT2D eigenvalue weighted by molar-refractivity contribution is -0.392. The number of rotatable bonds is 31. The Kier molecular flexibility index (Phi) is 24.9. The lowest BCUT2D eigenvalue weighted by atomic mass is 9.95. The van der Waals surface area contributed by atoms with E-state index in [0.717, 1.165) is 44.7 Å². The molecule has 16 nitrogen and oxygen atoms in total. The highest BCUT2D eigenvalue weighted by molar-refractivity contribution is 6.69. The fraction of sp³-hybridized carbons (Fsp3) is 0.392. The van der Waals surface area contributed by atoms with Gasteiger partial charge in [0, 0.05) is 0 Å². The van der Waals surface area contributed by atoms with Crippen molar-refractivity contribution in [3.63, 3.8) is 0 Å². The third-order valence-corrected chi connectivity index (χ3v) is 16.9.